The van der Waals surface area contributed by atoms with Crippen LogP contribution in [-0.4, -0.2) is 38.6 Å². The first kappa shape index (κ1) is 26.6. The quantitative estimate of drug-likeness (QED) is 0.460. The highest BCUT2D eigenvalue weighted by atomic mass is 32.1. The molecule has 1 unspecified atom stereocenters. The highest BCUT2D eigenvalue weighted by Gasteiger charge is 2.34. The van der Waals surface area contributed by atoms with Gasteiger partial charge in [-0.15, -0.1) is 11.3 Å². The SMILES string of the molecule is CC(C)(C)C1CCc2c(sc(NC(=O)C[NH+]3CC[NH+](C(c4ccccc4)c4ccccc4)CC3)c2C#N)C1. The Bertz CT molecular complexity index is 1240. The van der Waals surface area contributed by atoms with E-state index in [1.165, 1.54) is 26.5 Å². The Morgan fingerprint density at radius 3 is 2.18 bits per heavy atom. The molecule has 38 heavy (non-hydrogen) atoms. The number of nitrogens with one attached hydrogen (secondary N) is 3. The predicted molar refractivity (Wildman–Crippen MR) is 154 cm³/mol. The number of nitrogens with zero attached hydrogens (tertiary/aromatic N) is 1. The van der Waals surface area contributed by atoms with E-state index in [0.717, 1.165) is 50.4 Å². The van der Waals surface area contributed by atoms with Crippen LogP contribution < -0.4 is 15.1 Å². The molecular weight excluding hydrogens is 488 g/mol. The second-order valence-corrected chi connectivity index (χ2v) is 13.1. The molecule has 5 nitrogen and oxygen atoms in total. The van der Waals surface area contributed by atoms with Gasteiger partial charge in [-0.1, -0.05) is 81.4 Å². The van der Waals surface area contributed by atoms with Gasteiger partial charge in [0.05, 0.1) is 5.56 Å². The summed E-state index contributed by atoms with van der Waals surface area (Å²) in [4.78, 5) is 17.3. The van der Waals surface area contributed by atoms with Crippen LogP contribution in [0.5, 0.6) is 0 Å². The number of carbonyl (C=O) groups is 1. The van der Waals surface area contributed by atoms with Gasteiger partial charge in [-0.3, -0.25) is 4.79 Å². The van der Waals surface area contributed by atoms with Crippen LogP contribution in [0.3, 0.4) is 0 Å². The summed E-state index contributed by atoms with van der Waals surface area (Å²) >= 11 is 1.63. The first-order valence-corrected chi connectivity index (χ1v) is 14.8. The molecule has 1 atom stereocenters. The van der Waals surface area contributed by atoms with Crippen LogP contribution in [0.15, 0.2) is 60.7 Å². The molecule has 1 saturated heterocycles. The van der Waals surface area contributed by atoms with E-state index in [0.29, 0.717) is 24.1 Å². The topological polar surface area (TPSA) is 61.8 Å². The van der Waals surface area contributed by atoms with Gasteiger partial charge in [0, 0.05) is 16.0 Å². The Labute approximate surface area is 231 Å². The third-order valence-corrected chi connectivity index (χ3v) is 9.71. The fourth-order valence-corrected chi connectivity index (χ4v) is 7.57. The maximum Gasteiger partial charge on any atom is 0.280 e. The van der Waals surface area contributed by atoms with Crippen molar-refractivity contribution in [1.29, 1.82) is 5.26 Å². The average Bonchev–Trinajstić information content (AvgIpc) is 3.26. The van der Waals surface area contributed by atoms with Crippen LogP contribution >= 0.6 is 11.3 Å². The Kier molecular flexibility index (Phi) is 7.99. The number of anilines is 1. The first-order chi connectivity index (χ1) is 18.3. The maximum absolute atomic E-state index is 13.1. The van der Waals surface area contributed by atoms with Crippen LogP contribution in [0, 0.1) is 22.7 Å². The van der Waals surface area contributed by atoms with Crippen LogP contribution in [0.2, 0.25) is 0 Å². The number of benzene rings is 2. The van der Waals surface area contributed by atoms with Gasteiger partial charge in [0.25, 0.3) is 5.91 Å². The Hall–Kier alpha value is -2.98. The fraction of sp³-hybridized carbons (Fsp3) is 0.438. The summed E-state index contributed by atoms with van der Waals surface area (Å²) in [5.74, 6) is 0.635. The molecule has 1 aliphatic carbocycles. The number of quaternary nitrogens is 2. The third kappa shape index (κ3) is 5.86. The lowest BCUT2D eigenvalue weighted by Gasteiger charge is -2.34. The average molecular weight is 529 g/mol. The number of hydrogen-bond acceptors (Lipinski definition) is 3. The number of thiophene rings is 1. The van der Waals surface area contributed by atoms with E-state index in [4.69, 9.17) is 0 Å². The number of rotatable bonds is 6. The van der Waals surface area contributed by atoms with Crippen molar-refractivity contribution < 1.29 is 14.6 Å². The van der Waals surface area contributed by atoms with E-state index >= 15 is 0 Å². The second kappa shape index (κ2) is 11.4. The van der Waals surface area contributed by atoms with Crippen molar-refractivity contribution in [2.24, 2.45) is 11.3 Å². The van der Waals surface area contributed by atoms with E-state index in [-0.39, 0.29) is 11.3 Å². The molecule has 0 bridgehead atoms. The Balaban J connectivity index is 1.21. The molecule has 2 aromatic carbocycles. The van der Waals surface area contributed by atoms with E-state index in [1.807, 2.05) is 0 Å². The van der Waals surface area contributed by atoms with Gasteiger partial charge in [0.2, 0.25) is 0 Å². The zero-order chi connectivity index (χ0) is 26.7. The molecule has 5 rings (SSSR count). The van der Waals surface area contributed by atoms with Gasteiger partial charge in [-0.2, -0.15) is 5.26 Å². The molecule has 0 radical (unpaired) electrons. The van der Waals surface area contributed by atoms with Crippen LogP contribution in [-0.2, 0) is 17.6 Å². The zero-order valence-corrected chi connectivity index (χ0v) is 23.7. The molecule has 198 valence electrons. The standard InChI is InChI=1S/C32H38N4OS/c1-32(2,3)25-14-15-26-27(21-33)31(38-28(26)20-25)34-29(37)22-35-16-18-36(19-17-35)30(23-10-6-4-7-11-23)24-12-8-5-9-13-24/h4-13,25,30H,14-20,22H2,1-3H3,(H,34,37)/p+2. The highest BCUT2D eigenvalue weighted by molar-refractivity contribution is 7.16. The first-order valence-electron chi connectivity index (χ1n) is 14.0. The summed E-state index contributed by atoms with van der Waals surface area (Å²) in [6.45, 7) is 11.3. The molecule has 2 aliphatic rings. The van der Waals surface area contributed by atoms with Gasteiger partial charge < -0.3 is 15.1 Å². The number of carbonyl (C=O) groups excluding carboxylic acids is 1. The minimum absolute atomic E-state index is 0.0218. The zero-order valence-electron chi connectivity index (χ0n) is 22.8. The minimum atomic E-state index is 0.0218. The predicted octanol–water partition coefficient (Wildman–Crippen LogP) is 3.28. The summed E-state index contributed by atoms with van der Waals surface area (Å²) in [7, 11) is 0. The van der Waals surface area contributed by atoms with E-state index in [9.17, 15) is 10.1 Å². The summed E-state index contributed by atoms with van der Waals surface area (Å²) in [6.07, 6.45) is 3.06. The molecule has 3 aromatic rings. The van der Waals surface area contributed by atoms with E-state index in [1.54, 1.807) is 16.2 Å². The number of fused-ring (bicyclic) bond motifs is 1. The van der Waals surface area contributed by atoms with Crippen molar-refractivity contribution in [3.8, 4) is 6.07 Å². The third-order valence-electron chi connectivity index (χ3n) is 8.54. The number of piperazine rings is 1. The Morgan fingerprint density at radius 2 is 1.63 bits per heavy atom. The maximum atomic E-state index is 13.1. The summed E-state index contributed by atoms with van der Waals surface area (Å²) in [5, 5.41) is 13.8. The van der Waals surface area contributed by atoms with E-state index in [2.05, 4.69) is 92.8 Å². The molecular formula is C32H40N4OS+2. The molecule has 6 heteroatoms. The number of nitriles is 1. The lowest BCUT2D eigenvalue weighted by Crippen LogP contribution is -3.28. The lowest BCUT2D eigenvalue weighted by molar-refractivity contribution is -1.02. The summed E-state index contributed by atoms with van der Waals surface area (Å²) in [6, 6.07) is 24.3. The van der Waals surface area contributed by atoms with Crippen LogP contribution in [0.1, 0.15) is 60.4 Å². The second-order valence-electron chi connectivity index (χ2n) is 12.0. The van der Waals surface area contributed by atoms with Gasteiger partial charge in [-0.05, 0) is 36.2 Å². The van der Waals surface area contributed by atoms with Gasteiger partial charge >= 0.3 is 0 Å². The van der Waals surface area contributed by atoms with Crippen molar-refractivity contribution in [1.82, 2.24) is 0 Å². The van der Waals surface area contributed by atoms with E-state index < -0.39 is 0 Å². The monoisotopic (exact) mass is 528 g/mol. The molecule has 1 fully saturated rings. The molecule has 1 amide bonds. The molecule has 0 saturated carbocycles. The largest absolute Gasteiger partial charge is 0.318 e. The smallest absolute Gasteiger partial charge is 0.280 e. The number of amides is 1. The Morgan fingerprint density at radius 1 is 1.03 bits per heavy atom. The summed E-state index contributed by atoms with van der Waals surface area (Å²) < 4.78 is 0. The van der Waals surface area contributed by atoms with Crippen molar-refractivity contribution in [2.75, 3.05) is 38.0 Å². The lowest BCUT2D eigenvalue weighted by atomic mass is 9.72. The van der Waals surface area contributed by atoms with Crippen molar-refractivity contribution >= 4 is 22.2 Å². The molecule has 0 spiro atoms. The highest BCUT2D eigenvalue weighted by Crippen LogP contribution is 2.43. The normalized spacial score (nSPS) is 21.5. The van der Waals surface area contributed by atoms with Crippen molar-refractivity contribution in [3.63, 3.8) is 0 Å². The van der Waals surface area contributed by atoms with Gasteiger partial charge in [0.15, 0.2) is 6.54 Å². The van der Waals surface area contributed by atoms with Gasteiger partial charge in [0.1, 0.15) is 43.3 Å². The molecule has 2 heterocycles. The van der Waals surface area contributed by atoms with Crippen molar-refractivity contribution in [2.45, 2.75) is 46.1 Å². The minimum Gasteiger partial charge on any atom is -0.318 e. The fourth-order valence-electron chi connectivity index (χ4n) is 6.27. The molecule has 1 aliphatic heterocycles. The molecule has 3 N–H and O–H groups in total. The van der Waals surface area contributed by atoms with Crippen LogP contribution in [0.25, 0.3) is 0 Å². The molecule has 1 aromatic heterocycles. The van der Waals surface area contributed by atoms with Crippen LogP contribution in [0.4, 0.5) is 5.00 Å². The van der Waals surface area contributed by atoms with Crippen molar-refractivity contribution in [3.05, 3.63) is 87.8 Å². The van der Waals surface area contributed by atoms with Gasteiger partial charge in [-0.25, -0.2) is 0 Å². The summed E-state index contributed by atoms with van der Waals surface area (Å²) in [5.41, 5.74) is 4.81. The number of hydrogen-bond donors (Lipinski definition) is 3.